The maximum Gasteiger partial charge on any atom is 0.0540 e. The van der Waals surface area contributed by atoms with Crippen LogP contribution in [0.1, 0.15) is 31.2 Å². The highest BCUT2D eigenvalue weighted by molar-refractivity contribution is 7.99. The van der Waals surface area contributed by atoms with Crippen molar-refractivity contribution in [3.8, 4) is 0 Å². The first-order valence-electron chi connectivity index (χ1n) is 7.49. The Hall–Kier alpha value is -0.670. The molecule has 1 aromatic carbocycles. The van der Waals surface area contributed by atoms with Gasteiger partial charge in [-0.3, -0.25) is 0 Å². The minimum Gasteiger partial charge on any atom is -0.364 e. The van der Waals surface area contributed by atoms with Gasteiger partial charge in [-0.2, -0.15) is 11.8 Å². The minimum absolute atomic E-state index is 0.214. The molecule has 0 aromatic heterocycles. The highest BCUT2D eigenvalue weighted by Crippen LogP contribution is 2.38. The van der Waals surface area contributed by atoms with E-state index in [1.54, 1.807) is 0 Å². The van der Waals surface area contributed by atoms with Gasteiger partial charge in [0.2, 0.25) is 0 Å². The molecule has 0 aliphatic carbocycles. The van der Waals surface area contributed by atoms with E-state index in [1.165, 1.54) is 61.4 Å². The van der Waals surface area contributed by atoms with E-state index in [4.69, 9.17) is 5.73 Å². The maximum absolute atomic E-state index is 6.23. The minimum atomic E-state index is 0.214. The molecule has 104 valence electrons. The fraction of sp³-hybridized carbons (Fsp3) is 0.625. The normalized spacial score (nSPS) is 22.7. The Morgan fingerprint density at radius 3 is 2.74 bits per heavy atom. The molecule has 0 radical (unpaired) electrons. The SMILES string of the molecule is NCC1(N2CCCCc3ccccc32)CCSCC1. The summed E-state index contributed by atoms with van der Waals surface area (Å²) in [5.74, 6) is 2.52. The molecule has 0 atom stereocenters. The van der Waals surface area contributed by atoms with Crippen LogP contribution < -0.4 is 10.6 Å². The van der Waals surface area contributed by atoms with Crippen molar-refractivity contribution in [2.24, 2.45) is 5.73 Å². The van der Waals surface area contributed by atoms with E-state index in [2.05, 4.69) is 40.9 Å². The molecule has 0 spiro atoms. The summed E-state index contributed by atoms with van der Waals surface area (Å²) in [6.07, 6.45) is 6.31. The summed E-state index contributed by atoms with van der Waals surface area (Å²) in [5, 5.41) is 0. The number of nitrogens with two attached hydrogens (primary N) is 1. The largest absolute Gasteiger partial charge is 0.364 e. The smallest absolute Gasteiger partial charge is 0.0540 e. The Bertz CT molecular complexity index is 427. The zero-order valence-electron chi connectivity index (χ0n) is 11.6. The summed E-state index contributed by atoms with van der Waals surface area (Å²) in [6, 6.07) is 8.96. The van der Waals surface area contributed by atoms with Crippen LogP contribution in [-0.4, -0.2) is 30.1 Å². The quantitative estimate of drug-likeness (QED) is 0.900. The van der Waals surface area contributed by atoms with Crippen molar-refractivity contribution in [2.75, 3.05) is 29.5 Å². The van der Waals surface area contributed by atoms with E-state index in [9.17, 15) is 0 Å². The molecule has 0 saturated carbocycles. The summed E-state index contributed by atoms with van der Waals surface area (Å²) in [6.45, 7) is 1.97. The molecule has 19 heavy (non-hydrogen) atoms. The molecule has 0 unspecified atom stereocenters. The lowest BCUT2D eigenvalue weighted by atomic mass is 9.89. The van der Waals surface area contributed by atoms with Crippen LogP contribution in [0.4, 0.5) is 5.69 Å². The average molecular weight is 276 g/mol. The van der Waals surface area contributed by atoms with Gasteiger partial charge in [-0.25, -0.2) is 0 Å². The van der Waals surface area contributed by atoms with Crippen LogP contribution in [0.25, 0.3) is 0 Å². The van der Waals surface area contributed by atoms with Gasteiger partial charge in [0.25, 0.3) is 0 Å². The number of aryl methyl sites for hydroxylation is 1. The van der Waals surface area contributed by atoms with Gasteiger partial charge < -0.3 is 10.6 Å². The molecular weight excluding hydrogens is 252 g/mol. The number of hydrogen-bond acceptors (Lipinski definition) is 3. The molecule has 2 nitrogen and oxygen atoms in total. The van der Waals surface area contributed by atoms with Crippen molar-refractivity contribution in [2.45, 2.75) is 37.6 Å². The van der Waals surface area contributed by atoms with Gasteiger partial charge in [-0.05, 0) is 55.2 Å². The lowest BCUT2D eigenvalue weighted by molar-refractivity contribution is 0.364. The molecule has 1 fully saturated rings. The number of nitrogens with zero attached hydrogens (tertiary/aromatic N) is 1. The van der Waals surface area contributed by atoms with Gasteiger partial charge in [0.1, 0.15) is 0 Å². The number of anilines is 1. The Morgan fingerprint density at radius 2 is 1.95 bits per heavy atom. The summed E-state index contributed by atoms with van der Waals surface area (Å²) >= 11 is 2.08. The maximum atomic E-state index is 6.23. The van der Waals surface area contributed by atoms with Crippen LogP contribution in [0, 0.1) is 0 Å². The number of hydrogen-bond donors (Lipinski definition) is 1. The van der Waals surface area contributed by atoms with Crippen LogP contribution in [0.5, 0.6) is 0 Å². The van der Waals surface area contributed by atoms with E-state index in [-0.39, 0.29) is 5.54 Å². The lowest BCUT2D eigenvalue weighted by Gasteiger charge is -2.47. The van der Waals surface area contributed by atoms with Crippen LogP contribution in [-0.2, 0) is 6.42 Å². The van der Waals surface area contributed by atoms with E-state index >= 15 is 0 Å². The fourth-order valence-corrected chi connectivity index (χ4v) is 4.77. The van der Waals surface area contributed by atoms with Crippen molar-refractivity contribution in [1.29, 1.82) is 0 Å². The van der Waals surface area contributed by atoms with E-state index in [0.717, 1.165) is 6.54 Å². The Kier molecular flexibility index (Phi) is 4.04. The van der Waals surface area contributed by atoms with Gasteiger partial charge in [0, 0.05) is 18.8 Å². The Balaban J connectivity index is 1.98. The Labute approximate surface area is 120 Å². The number of thioether (sulfide) groups is 1. The zero-order valence-corrected chi connectivity index (χ0v) is 12.4. The predicted molar refractivity (Wildman–Crippen MR) is 85.1 cm³/mol. The van der Waals surface area contributed by atoms with Crippen molar-refractivity contribution >= 4 is 17.4 Å². The molecular formula is C16H24N2S. The Morgan fingerprint density at radius 1 is 1.16 bits per heavy atom. The van der Waals surface area contributed by atoms with Crippen molar-refractivity contribution in [1.82, 2.24) is 0 Å². The van der Waals surface area contributed by atoms with Gasteiger partial charge in [0.15, 0.2) is 0 Å². The fourth-order valence-electron chi connectivity index (χ4n) is 3.52. The van der Waals surface area contributed by atoms with Crippen molar-refractivity contribution in [3.05, 3.63) is 29.8 Å². The second-order valence-corrected chi connectivity index (χ2v) is 7.00. The first-order valence-corrected chi connectivity index (χ1v) is 8.65. The molecule has 2 aliphatic rings. The van der Waals surface area contributed by atoms with Gasteiger partial charge in [-0.15, -0.1) is 0 Å². The average Bonchev–Trinajstić information content (AvgIpc) is 2.70. The first kappa shape index (κ1) is 13.3. The second-order valence-electron chi connectivity index (χ2n) is 5.78. The number of para-hydroxylation sites is 1. The standard InChI is InChI=1S/C16H24N2S/c17-13-16(8-11-19-12-9-16)18-10-4-3-6-14-5-1-2-7-15(14)18/h1-2,5,7H,3-4,6,8-13,17H2. The summed E-state index contributed by atoms with van der Waals surface area (Å²) < 4.78 is 0. The monoisotopic (exact) mass is 276 g/mol. The van der Waals surface area contributed by atoms with Gasteiger partial charge in [-0.1, -0.05) is 18.2 Å². The molecule has 2 heterocycles. The first-order chi connectivity index (χ1) is 9.36. The van der Waals surface area contributed by atoms with Crippen LogP contribution in [0.15, 0.2) is 24.3 Å². The summed E-state index contributed by atoms with van der Waals surface area (Å²) in [7, 11) is 0. The number of benzene rings is 1. The predicted octanol–water partition coefficient (Wildman–Crippen LogP) is 3.05. The van der Waals surface area contributed by atoms with Crippen molar-refractivity contribution in [3.63, 3.8) is 0 Å². The third-order valence-corrected chi connectivity index (χ3v) is 5.72. The molecule has 0 bridgehead atoms. The summed E-state index contributed by atoms with van der Waals surface area (Å²) in [5.41, 5.74) is 9.42. The molecule has 0 amide bonds. The van der Waals surface area contributed by atoms with E-state index in [0.29, 0.717) is 0 Å². The third kappa shape index (κ3) is 2.50. The molecule has 2 N–H and O–H groups in total. The molecule has 3 rings (SSSR count). The lowest BCUT2D eigenvalue weighted by Crippen LogP contribution is -2.56. The molecule has 1 saturated heterocycles. The zero-order chi connectivity index (χ0) is 13.1. The molecule has 3 heteroatoms. The van der Waals surface area contributed by atoms with Crippen molar-refractivity contribution < 1.29 is 0 Å². The van der Waals surface area contributed by atoms with Gasteiger partial charge >= 0.3 is 0 Å². The van der Waals surface area contributed by atoms with Crippen LogP contribution in [0.2, 0.25) is 0 Å². The van der Waals surface area contributed by atoms with Gasteiger partial charge in [0.05, 0.1) is 5.54 Å². The van der Waals surface area contributed by atoms with E-state index < -0.39 is 0 Å². The summed E-state index contributed by atoms with van der Waals surface area (Å²) in [4.78, 5) is 2.66. The highest BCUT2D eigenvalue weighted by Gasteiger charge is 2.38. The highest BCUT2D eigenvalue weighted by atomic mass is 32.2. The number of rotatable bonds is 2. The number of fused-ring (bicyclic) bond motifs is 1. The third-order valence-electron chi connectivity index (χ3n) is 4.74. The van der Waals surface area contributed by atoms with Crippen LogP contribution >= 0.6 is 11.8 Å². The second kappa shape index (κ2) is 5.76. The molecule has 1 aromatic rings. The topological polar surface area (TPSA) is 29.3 Å². The molecule has 2 aliphatic heterocycles. The van der Waals surface area contributed by atoms with E-state index in [1.807, 2.05) is 0 Å². The van der Waals surface area contributed by atoms with Crippen LogP contribution in [0.3, 0.4) is 0 Å².